The lowest BCUT2D eigenvalue weighted by Crippen LogP contribution is -2.19. The smallest absolute Gasteiger partial charge is 0.323 e. The molecule has 1 aromatic heterocycles. The summed E-state index contributed by atoms with van der Waals surface area (Å²) in [6.45, 7) is 3.32. The van der Waals surface area contributed by atoms with Crippen molar-refractivity contribution in [1.82, 2.24) is 9.47 Å². The van der Waals surface area contributed by atoms with E-state index in [1.54, 1.807) is 0 Å². The normalized spacial score (nSPS) is 13.8. The first-order valence-corrected chi connectivity index (χ1v) is 11.4. The molecular weight excluding hydrogens is 412 g/mol. The van der Waals surface area contributed by atoms with Crippen LogP contribution >= 0.6 is 0 Å². The number of amides is 2. The summed E-state index contributed by atoms with van der Waals surface area (Å²) in [4.78, 5) is 15.0. The highest BCUT2D eigenvalue weighted by atomic mass is 16.5. The van der Waals surface area contributed by atoms with Gasteiger partial charge in [-0.15, -0.1) is 0 Å². The number of fused-ring (bicyclic) bond motifs is 1. The van der Waals surface area contributed by atoms with Crippen LogP contribution in [-0.4, -0.2) is 28.6 Å². The number of hydrogen-bond donors (Lipinski definition) is 2. The van der Waals surface area contributed by atoms with Gasteiger partial charge in [-0.1, -0.05) is 18.2 Å². The Morgan fingerprint density at radius 2 is 1.52 bits per heavy atom. The third-order valence-corrected chi connectivity index (χ3v) is 6.08. The molecule has 1 aliphatic rings. The van der Waals surface area contributed by atoms with E-state index in [1.807, 2.05) is 66.7 Å². The minimum absolute atomic E-state index is 0.278. The Labute approximate surface area is 193 Å². The van der Waals surface area contributed by atoms with Crippen LogP contribution in [0.4, 0.5) is 16.2 Å². The fraction of sp³-hybridized carbons (Fsp3) is 0.222. The van der Waals surface area contributed by atoms with E-state index in [9.17, 15) is 4.79 Å². The monoisotopic (exact) mass is 440 g/mol. The second-order valence-corrected chi connectivity index (χ2v) is 8.47. The van der Waals surface area contributed by atoms with Crippen LogP contribution in [0.15, 0.2) is 78.9 Å². The van der Waals surface area contributed by atoms with E-state index in [-0.39, 0.29) is 6.03 Å². The molecule has 2 N–H and O–H groups in total. The average Bonchev–Trinajstić information content (AvgIpc) is 3.44. The SMILES string of the molecule is Cn1c(CN2CCCC2)cc2cc(NC(=O)Nc3ccc(Oc4ccccc4)cc3)ccc21. The number of nitrogens with one attached hydrogen (secondary N) is 2. The standard InChI is InChI=1S/C27H28N4O2/c1-30-23(19-31-15-5-6-16-31)18-20-17-22(11-14-26(20)30)29-27(32)28-21-9-12-25(13-10-21)33-24-7-3-2-4-8-24/h2-4,7-14,17-18H,5-6,15-16,19H2,1H3,(H2,28,29,32). The number of carbonyl (C=O) groups is 1. The van der Waals surface area contributed by atoms with Gasteiger partial charge < -0.3 is 19.9 Å². The van der Waals surface area contributed by atoms with Gasteiger partial charge in [-0.05, 0) is 86.6 Å². The predicted octanol–water partition coefficient (Wildman–Crippen LogP) is 6.21. The number of hydrogen-bond acceptors (Lipinski definition) is 3. The molecule has 5 rings (SSSR count). The molecule has 0 bridgehead atoms. The molecule has 6 nitrogen and oxygen atoms in total. The number of anilines is 2. The van der Waals surface area contributed by atoms with E-state index in [0.717, 1.165) is 23.4 Å². The zero-order valence-electron chi connectivity index (χ0n) is 18.8. The van der Waals surface area contributed by atoms with Gasteiger partial charge in [0, 0.05) is 41.6 Å². The van der Waals surface area contributed by atoms with E-state index in [2.05, 4.69) is 39.3 Å². The molecule has 2 heterocycles. The first kappa shape index (κ1) is 21.1. The highest BCUT2D eigenvalue weighted by Gasteiger charge is 2.15. The van der Waals surface area contributed by atoms with Crippen molar-refractivity contribution >= 4 is 28.3 Å². The Bertz CT molecular complexity index is 1240. The van der Waals surface area contributed by atoms with Gasteiger partial charge in [0.25, 0.3) is 0 Å². The van der Waals surface area contributed by atoms with Gasteiger partial charge in [-0.2, -0.15) is 0 Å². The van der Waals surface area contributed by atoms with Gasteiger partial charge >= 0.3 is 6.03 Å². The van der Waals surface area contributed by atoms with Gasteiger partial charge in [0.15, 0.2) is 0 Å². The molecule has 168 valence electrons. The molecule has 0 unspecified atom stereocenters. The molecule has 0 saturated carbocycles. The molecule has 0 aliphatic carbocycles. The Hall–Kier alpha value is -3.77. The fourth-order valence-corrected chi connectivity index (χ4v) is 4.33. The number of likely N-dealkylation sites (tertiary alicyclic amines) is 1. The van der Waals surface area contributed by atoms with E-state index < -0.39 is 0 Å². The zero-order valence-corrected chi connectivity index (χ0v) is 18.8. The minimum Gasteiger partial charge on any atom is -0.457 e. The molecule has 0 radical (unpaired) electrons. The number of rotatable bonds is 6. The molecule has 33 heavy (non-hydrogen) atoms. The first-order valence-electron chi connectivity index (χ1n) is 11.4. The van der Waals surface area contributed by atoms with Crippen LogP contribution < -0.4 is 15.4 Å². The van der Waals surface area contributed by atoms with E-state index in [0.29, 0.717) is 11.4 Å². The Balaban J connectivity index is 1.21. The maximum Gasteiger partial charge on any atom is 0.323 e. The van der Waals surface area contributed by atoms with E-state index >= 15 is 0 Å². The van der Waals surface area contributed by atoms with Gasteiger partial charge in [0.05, 0.1) is 0 Å². The van der Waals surface area contributed by atoms with Crippen molar-refractivity contribution in [2.45, 2.75) is 19.4 Å². The van der Waals surface area contributed by atoms with E-state index in [4.69, 9.17) is 4.74 Å². The van der Waals surface area contributed by atoms with Gasteiger partial charge in [0.1, 0.15) is 11.5 Å². The van der Waals surface area contributed by atoms with Crippen LogP contribution in [0.3, 0.4) is 0 Å². The van der Waals surface area contributed by atoms with Crippen molar-refractivity contribution in [3.63, 3.8) is 0 Å². The molecule has 1 aliphatic heterocycles. The molecule has 1 saturated heterocycles. The lowest BCUT2D eigenvalue weighted by Gasteiger charge is -2.15. The van der Waals surface area contributed by atoms with Crippen LogP contribution in [0, 0.1) is 0 Å². The van der Waals surface area contributed by atoms with Crippen molar-refractivity contribution in [2.75, 3.05) is 23.7 Å². The zero-order chi connectivity index (χ0) is 22.6. The predicted molar refractivity (Wildman–Crippen MR) is 133 cm³/mol. The van der Waals surface area contributed by atoms with Crippen LogP contribution in [-0.2, 0) is 13.6 Å². The van der Waals surface area contributed by atoms with Crippen LogP contribution in [0.1, 0.15) is 18.5 Å². The van der Waals surface area contributed by atoms with Gasteiger partial charge in [-0.25, -0.2) is 4.79 Å². The summed E-state index contributed by atoms with van der Waals surface area (Å²) < 4.78 is 8.04. The summed E-state index contributed by atoms with van der Waals surface area (Å²) in [7, 11) is 2.11. The van der Waals surface area contributed by atoms with Crippen LogP contribution in [0.5, 0.6) is 11.5 Å². The summed E-state index contributed by atoms with van der Waals surface area (Å²) in [5, 5.41) is 6.95. The van der Waals surface area contributed by atoms with Crippen molar-refractivity contribution in [2.24, 2.45) is 7.05 Å². The maximum absolute atomic E-state index is 12.5. The number of benzene rings is 3. The number of ether oxygens (including phenoxy) is 1. The molecule has 0 spiro atoms. The number of para-hydroxylation sites is 1. The van der Waals surface area contributed by atoms with Crippen LogP contribution in [0.2, 0.25) is 0 Å². The van der Waals surface area contributed by atoms with Gasteiger partial charge in [0.2, 0.25) is 0 Å². The summed E-state index contributed by atoms with van der Waals surface area (Å²) in [6.07, 6.45) is 2.58. The molecular formula is C27H28N4O2. The third kappa shape index (κ3) is 5.02. The summed E-state index contributed by atoms with van der Waals surface area (Å²) in [6, 6.07) is 24.9. The van der Waals surface area contributed by atoms with Crippen molar-refractivity contribution < 1.29 is 9.53 Å². The number of aryl methyl sites for hydroxylation is 1. The largest absolute Gasteiger partial charge is 0.457 e. The molecule has 0 atom stereocenters. The van der Waals surface area contributed by atoms with E-state index in [1.165, 1.54) is 37.1 Å². The number of urea groups is 1. The van der Waals surface area contributed by atoms with Gasteiger partial charge in [-0.3, -0.25) is 4.90 Å². The van der Waals surface area contributed by atoms with Crippen LogP contribution in [0.25, 0.3) is 10.9 Å². The quantitative estimate of drug-likeness (QED) is 0.375. The molecule has 2 amide bonds. The number of aromatic nitrogens is 1. The lowest BCUT2D eigenvalue weighted by atomic mass is 10.2. The first-order chi connectivity index (χ1) is 16.1. The van der Waals surface area contributed by atoms with Crippen molar-refractivity contribution in [1.29, 1.82) is 0 Å². The summed E-state index contributed by atoms with van der Waals surface area (Å²) in [5.74, 6) is 1.49. The number of nitrogens with zero attached hydrogens (tertiary/aromatic N) is 2. The molecule has 4 aromatic rings. The lowest BCUT2D eigenvalue weighted by molar-refractivity contribution is 0.262. The second kappa shape index (κ2) is 9.38. The summed E-state index contributed by atoms with van der Waals surface area (Å²) >= 11 is 0. The highest BCUT2D eigenvalue weighted by Crippen LogP contribution is 2.25. The second-order valence-electron chi connectivity index (χ2n) is 8.47. The average molecular weight is 441 g/mol. The molecule has 1 fully saturated rings. The molecule has 6 heteroatoms. The maximum atomic E-state index is 12.5. The summed E-state index contributed by atoms with van der Waals surface area (Å²) in [5.41, 5.74) is 3.93. The fourth-order valence-electron chi connectivity index (χ4n) is 4.33. The Kier molecular flexibility index (Phi) is 6.00. The Morgan fingerprint density at radius 1 is 0.848 bits per heavy atom. The highest BCUT2D eigenvalue weighted by molar-refractivity contribution is 6.01. The molecule has 3 aromatic carbocycles. The third-order valence-electron chi connectivity index (χ3n) is 6.08. The topological polar surface area (TPSA) is 58.5 Å². The number of carbonyl (C=O) groups excluding carboxylic acids is 1. The minimum atomic E-state index is -0.278. The van der Waals surface area contributed by atoms with Crippen molar-refractivity contribution in [3.8, 4) is 11.5 Å². The van der Waals surface area contributed by atoms with Crippen molar-refractivity contribution in [3.05, 3.63) is 84.6 Å². The Morgan fingerprint density at radius 3 is 2.27 bits per heavy atom.